The Hall–Kier alpha value is -4.10. The Morgan fingerprint density at radius 2 is 2.07 bits per heavy atom. The van der Waals surface area contributed by atoms with Crippen molar-refractivity contribution < 1.29 is 9.18 Å². The van der Waals surface area contributed by atoms with Crippen molar-refractivity contribution in [1.82, 2.24) is 24.8 Å². The molecular formula is C34H32Cl2FN7O. The van der Waals surface area contributed by atoms with Crippen LogP contribution in [0, 0.1) is 35.9 Å². The number of nitriles is 1. The van der Waals surface area contributed by atoms with Gasteiger partial charge in [0.15, 0.2) is 5.82 Å². The van der Waals surface area contributed by atoms with Gasteiger partial charge in [-0.2, -0.15) is 5.26 Å². The molecule has 45 heavy (non-hydrogen) atoms. The second-order valence-corrected chi connectivity index (χ2v) is 12.6. The first-order chi connectivity index (χ1) is 21.7. The molecule has 1 amide bonds. The first kappa shape index (κ1) is 30.9. The van der Waals surface area contributed by atoms with E-state index in [1.807, 2.05) is 26.0 Å². The zero-order valence-corrected chi connectivity index (χ0v) is 26.6. The number of carbonyl (C=O) groups is 1. The molecule has 6 rings (SSSR count). The Morgan fingerprint density at radius 1 is 1.27 bits per heavy atom. The van der Waals surface area contributed by atoms with E-state index in [4.69, 9.17) is 33.9 Å². The summed E-state index contributed by atoms with van der Waals surface area (Å²) >= 11 is 13.0. The minimum atomic E-state index is -0.522. The molecule has 8 nitrogen and oxygen atoms in total. The summed E-state index contributed by atoms with van der Waals surface area (Å²) in [5.74, 6) is -0.346. The number of carbonyl (C=O) groups excluding carboxylic acids is 1. The third-order valence-corrected chi connectivity index (χ3v) is 9.81. The zero-order valence-electron chi connectivity index (χ0n) is 25.1. The standard InChI is InChI=1S/C34H32Cl2FN7O/c1-17-12-21(15-39)32(17)44-27(19(3)43-34(45)26-9-11-40-16-41-26)14-23-18(2)42-31-24(33(23)44)13-20(6-5-10-38)28(30(31)37)22-7-4-8-25(35)29(22)36/h4,7-9,11,13-14,16-17,19,21,32H,5-6,12,15,39H2,1-3H3,(H,43,45)/t17-,19+,21+,32+/m0/s1. The van der Waals surface area contributed by atoms with Crippen LogP contribution in [0.1, 0.15) is 66.2 Å². The number of aromatic nitrogens is 4. The number of nitrogens with one attached hydrogen (secondary N) is 1. The van der Waals surface area contributed by atoms with Crippen LogP contribution in [0.5, 0.6) is 0 Å². The summed E-state index contributed by atoms with van der Waals surface area (Å²) in [5, 5.41) is 14.6. The molecule has 0 bridgehead atoms. The molecule has 1 aliphatic rings. The van der Waals surface area contributed by atoms with Crippen LogP contribution in [0.2, 0.25) is 10.0 Å². The molecule has 0 unspecified atom stereocenters. The summed E-state index contributed by atoms with van der Waals surface area (Å²) in [4.78, 5) is 25.9. The normalized spacial score (nSPS) is 18.5. The summed E-state index contributed by atoms with van der Waals surface area (Å²) in [6, 6.07) is 12.4. The molecule has 3 aromatic heterocycles. The molecule has 5 aromatic rings. The fourth-order valence-corrected chi connectivity index (χ4v) is 7.23. The third kappa shape index (κ3) is 5.31. The number of pyridine rings is 1. The van der Waals surface area contributed by atoms with Gasteiger partial charge in [0.2, 0.25) is 0 Å². The second-order valence-electron chi connectivity index (χ2n) is 11.8. The van der Waals surface area contributed by atoms with Crippen molar-refractivity contribution in [2.75, 3.05) is 6.54 Å². The van der Waals surface area contributed by atoms with Gasteiger partial charge in [0, 0.05) is 51.9 Å². The van der Waals surface area contributed by atoms with E-state index in [0.717, 1.165) is 23.0 Å². The average Bonchev–Trinajstić information content (AvgIpc) is 3.42. The predicted octanol–water partition coefficient (Wildman–Crippen LogP) is 7.50. The maximum Gasteiger partial charge on any atom is 0.270 e. The molecule has 0 radical (unpaired) electrons. The molecule has 0 saturated heterocycles. The van der Waals surface area contributed by atoms with Crippen molar-refractivity contribution in [3.8, 4) is 17.2 Å². The minimum Gasteiger partial charge on any atom is -0.343 e. The van der Waals surface area contributed by atoms with Gasteiger partial charge in [0.1, 0.15) is 17.5 Å². The van der Waals surface area contributed by atoms with E-state index in [2.05, 4.69) is 32.8 Å². The fourth-order valence-electron chi connectivity index (χ4n) is 6.83. The van der Waals surface area contributed by atoms with Crippen LogP contribution in [0.25, 0.3) is 32.9 Å². The van der Waals surface area contributed by atoms with Crippen LogP contribution < -0.4 is 11.1 Å². The van der Waals surface area contributed by atoms with Gasteiger partial charge in [-0.3, -0.25) is 4.79 Å². The number of rotatable bonds is 8. The molecule has 1 saturated carbocycles. The number of halogens is 3. The number of nitrogens with two attached hydrogens (primary N) is 1. The first-order valence-electron chi connectivity index (χ1n) is 14.9. The summed E-state index contributed by atoms with van der Waals surface area (Å²) in [6.07, 6.45) is 4.31. The Morgan fingerprint density at radius 3 is 2.76 bits per heavy atom. The Balaban J connectivity index is 1.64. The predicted molar refractivity (Wildman–Crippen MR) is 175 cm³/mol. The topological polar surface area (TPSA) is 123 Å². The summed E-state index contributed by atoms with van der Waals surface area (Å²) in [6.45, 7) is 6.47. The lowest BCUT2D eigenvalue weighted by Crippen LogP contribution is -2.42. The monoisotopic (exact) mass is 643 g/mol. The lowest BCUT2D eigenvalue weighted by atomic mass is 9.70. The van der Waals surface area contributed by atoms with Crippen molar-refractivity contribution in [3.05, 3.63) is 87.4 Å². The first-order valence-corrected chi connectivity index (χ1v) is 15.7. The van der Waals surface area contributed by atoms with Crippen molar-refractivity contribution in [2.24, 2.45) is 17.6 Å². The van der Waals surface area contributed by atoms with Crippen LogP contribution in [0.3, 0.4) is 0 Å². The molecule has 11 heteroatoms. The summed E-state index contributed by atoms with van der Waals surface area (Å²) in [7, 11) is 0. The second kappa shape index (κ2) is 12.4. The molecule has 0 aliphatic heterocycles. The largest absolute Gasteiger partial charge is 0.343 e. The lowest BCUT2D eigenvalue weighted by molar-refractivity contribution is 0.0914. The number of aryl methyl sites for hydroxylation is 2. The Labute approximate surface area is 270 Å². The molecule has 4 atom stereocenters. The van der Waals surface area contributed by atoms with E-state index in [1.54, 1.807) is 24.3 Å². The van der Waals surface area contributed by atoms with Crippen LogP contribution in [-0.2, 0) is 6.42 Å². The highest BCUT2D eigenvalue weighted by molar-refractivity contribution is 6.43. The molecule has 2 aromatic carbocycles. The van der Waals surface area contributed by atoms with Gasteiger partial charge in [0.25, 0.3) is 5.91 Å². The Bertz CT molecular complexity index is 1990. The van der Waals surface area contributed by atoms with E-state index >= 15 is 4.39 Å². The number of nitrogens with zero attached hydrogens (tertiary/aromatic N) is 5. The highest BCUT2D eigenvalue weighted by Crippen LogP contribution is 2.49. The zero-order chi connectivity index (χ0) is 32.0. The average molecular weight is 645 g/mol. The molecule has 3 N–H and O–H groups in total. The molecule has 1 aliphatic carbocycles. The number of hydrogen-bond acceptors (Lipinski definition) is 6. The SMILES string of the molecule is Cc1nc2c(F)c(-c3cccc(Cl)c3Cl)c(CCC#N)cc2c2c1cc([C@@H](C)NC(=O)c1ccncn1)n2[C@H]1[C@@H](CN)C[C@@H]1C. The van der Waals surface area contributed by atoms with E-state index in [-0.39, 0.29) is 46.1 Å². The molecule has 0 spiro atoms. The van der Waals surface area contributed by atoms with Gasteiger partial charge in [0.05, 0.1) is 27.7 Å². The molecule has 230 valence electrons. The number of hydrogen-bond donors (Lipinski definition) is 2. The third-order valence-electron chi connectivity index (χ3n) is 8.99. The maximum atomic E-state index is 16.9. The van der Waals surface area contributed by atoms with Crippen molar-refractivity contribution in [2.45, 2.75) is 52.1 Å². The molecular weight excluding hydrogens is 612 g/mol. The van der Waals surface area contributed by atoms with Crippen LogP contribution in [0.15, 0.2) is 48.9 Å². The highest BCUT2D eigenvalue weighted by Gasteiger charge is 2.41. The van der Waals surface area contributed by atoms with Gasteiger partial charge in [-0.25, -0.2) is 19.3 Å². The van der Waals surface area contributed by atoms with E-state index in [1.165, 1.54) is 12.5 Å². The van der Waals surface area contributed by atoms with Gasteiger partial charge >= 0.3 is 0 Å². The lowest BCUT2D eigenvalue weighted by Gasteiger charge is -2.45. The smallest absolute Gasteiger partial charge is 0.270 e. The van der Waals surface area contributed by atoms with E-state index in [9.17, 15) is 10.1 Å². The minimum absolute atomic E-state index is 0.0265. The summed E-state index contributed by atoms with van der Waals surface area (Å²) < 4.78 is 19.1. The molecule has 1 fully saturated rings. The van der Waals surface area contributed by atoms with Crippen molar-refractivity contribution >= 4 is 50.9 Å². The van der Waals surface area contributed by atoms with Gasteiger partial charge in [-0.1, -0.05) is 42.3 Å². The van der Waals surface area contributed by atoms with Crippen LogP contribution in [0.4, 0.5) is 4.39 Å². The van der Waals surface area contributed by atoms with Gasteiger partial charge in [-0.05, 0) is 74.9 Å². The fraction of sp³-hybridized carbons (Fsp3) is 0.324. The highest BCUT2D eigenvalue weighted by atomic mass is 35.5. The Kier molecular flexibility index (Phi) is 8.49. The van der Waals surface area contributed by atoms with Crippen molar-refractivity contribution in [1.29, 1.82) is 5.26 Å². The maximum absolute atomic E-state index is 16.9. The summed E-state index contributed by atoms with van der Waals surface area (Å²) in [5.41, 5.74) is 10.4. The van der Waals surface area contributed by atoms with Crippen LogP contribution in [-0.4, -0.2) is 32.0 Å². The van der Waals surface area contributed by atoms with Gasteiger partial charge in [-0.15, -0.1) is 0 Å². The number of amides is 1. The number of benzene rings is 2. The van der Waals surface area contributed by atoms with Gasteiger partial charge < -0.3 is 15.6 Å². The van der Waals surface area contributed by atoms with E-state index < -0.39 is 11.9 Å². The molecule has 3 heterocycles. The van der Waals surface area contributed by atoms with Crippen LogP contribution >= 0.6 is 23.2 Å². The van der Waals surface area contributed by atoms with E-state index in [0.29, 0.717) is 46.1 Å². The quantitative estimate of drug-likeness (QED) is 0.180. The van der Waals surface area contributed by atoms with Crippen molar-refractivity contribution in [3.63, 3.8) is 0 Å². The number of fused-ring (bicyclic) bond motifs is 3.